The van der Waals surface area contributed by atoms with E-state index in [-0.39, 0.29) is 11.6 Å². The van der Waals surface area contributed by atoms with Gasteiger partial charge in [0.1, 0.15) is 6.10 Å². The van der Waals surface area contributed by atoms with Gasteiger partial charge in [0.25, 0.3) is 0 Å². The Kier molecular flexibility index (Phi) is 9.53. The van der Waals surface area contributed by atoms with E-state index in [1.54, 1.807) is 6.92 Å². The zero-order valence-electron chi connectivity index (χ0n) is 17.1. The summed E-state index contributed by atoms with van der Waals surface area (Å²) in [6, 6.07) is 28.3. The van der Waals surface area contributed by atoms with Crippen LogP contribution in [0.15, 0.2) is 91.0 Å². The fraction of sp³-hybridized carbons (Fsp3) is 0.231. The molecule has 0 bridgehead atoms. The van der Waals surface area contributed by atoms with E-state index >= 15 is 0 Å². The van der Waals surface area contributed by atoms with Crippen LogP contribution in [0.1, 0.15) is 59.1 Å². The minimum atomic E-state index is -0.509. The highest BCUT2D eigenvalue weighted by molar-refractivity contribution is 6.00. The Morgan fingerprint density at radius 2 is 1.24 bits per heavy atom. The van der Waals surface area contributed by atoms with E-state index in [9.17, 15) is 9.59 Å². The van der Waals surface area contributed by atoms with Gasteiger partial charge in [-0.05, 0) is 18.9 Å². The highest BCUT2D eigenvalue weighted by atomic mass is 16.5. The Morgan fingerprint density at radius 3 is 1.69 bits per heavy atom. The second-order valence-corrected chi connectivity index (χ2v) is 6.67. The SMILES string of the molecule is CC(=O)c1ccccc1.CCCCOC(C(=O)c1ccccc1)c1ccccc1. The third-order valence-electron chi connectivity index (χ3n) is 4.36. The highest BCUT2D eigenvalue weighted by Gasteiger charge is 2.22. The third-order valence-corrected chi connectivity index (χ3v) is 4.36. The van der Waals surface area contributed by atoms with Crippen molar-refractivity contribution in [2.24, 2.45) is 0 Å². The summed E-state index contributed by atoms with van der Waals surface area (Å²) in [4.78, 5) is 23.3. The molecule has 3 rings (SSSR count). The number of carbonyl (C=O) groups excluding carboxylic acids is 2. The van der Waals surface area contributed by atoms with Crippen LogP contribution < -0.4 is 0 Å². The van der Waals surface area contributed by atoms with Crippen molar-refractivity contribution in [3.05, 3.63) is 108 Å². The van der Waals surface area contributed by atoms with Gasteiger partial charge >= 0.3 is 0 Å². The van der Waals surface area contributed by atoms with E-state index in [1.807, 2.05) is 91.0 Å². The van der Waals surface area contributed by atoms with Gasteiger partial charge in [-0.2, -0.15) is 0 Å². The molecule has 0 aliphatic rings. The van der Waals surface area contributed by atoms with Crippen molar-refractivity contribution in [3.63, 3.8) is 0 Å². The molecule has 0 aliphatic carbocycles. The normalized spacial score (nSPS) is 11.1. The Balaban J connectivity index is 0.000000278. The van der Waals surface area contributed by atoms with Gasteiger partial charge in [0.15, 0.2) is 11.6 Å². The van der Waals surface area contributed by atoms with Crippen LogP contribution in [0.5, 0.6) is 0 Å². The Labute approximate surface area is 173 Å². The number of ketones is 2. The summed E-state index contributed by atoms with van der Waals surface area (Å²) in [6.07, 6.45) is 1.51. The lowest BCUT2D eigenvalue weighted by atomic mass is 10.00. The number of hydrogen-bond acceptors (Lipinski definition) is 3. The summed E-state index contributed by atoms with van der Waals surface area (Å²) in [5.74, 6) is 0.142. The topological polar surface area (TPSA) is 43.4 Å². The average Bonchev–Trinajstić information content (AvgIpc) is 2.78. The van der Waals surface area contributed by atoms with Gasteiger partial charge in [0.2, 0.25) is 0 Å². The quantitative estimate of drug-likeness (QED) is 0.335. The molecule has 0 aromatic heterocycles. The van der Waals surface area contributed by atoms with Crippen molar-refractivity contribution >= 4 is 11.6 Å². The van der Waals surface area contributed by atoms with Crippen molar-refractivity contribution in [1.82, 2.24) is 0 Å². The lowest BCUT2D eigenvalue weighted by molar-refractivity contribution is 0.0395. The van der Waals surface area contributed by atoms with Crippen LogP contribution in [-0.2, 0) is 4.74 Å². The largest absolute Gasteiger partial charge is 0.365 e. The van der Waals surface area contributed by atoms with Crippen molar-refractivity contribution in [2.45, 2.75) is 32.8 Å². The molecular formula is C26H28O3. The third kappa shape index (κ3) is 7.47. The minimum absolute atomic E-state index is 0.0212. The smallest absolute Gasteiger partial charge is 0.196 e. The lowest BCUT2D eigenvalue weighted by Crippen LogP contribution is -2.17. The number of unbranched alkanes of at least 4 members (excludes halogenated alkanes) is 1. The summed E-state index contributed by atoms with van der Waals surface area (Å²) in [5.41, 5.74) is 2.38. The van der Waals surface area contributed by atoms with Gasteiger partial charge < -0.3 is 4.74 Å². The highest BCUT2D eigenvalue weighted by Crippen LogP contribution is 2.22. The summed E-state index contributed by atoms with van der Waals surface area (Å²) >= 11 is 0. The van der Waals surface area contributed by atoms with Crippen molar-refractivity contribution in [1.29, 1.82) is 0 Å². The first-order chi connectivity index (χ1) is 14.1. The van der Waals surface area contributed by atoms with Crippen molar-refractivity contribution in [2.75, 3.05) is 6.61 Å². The molecule has 29 heavy (non-hydrogen) atoms. The van der Waals surface area contributed by atoms with Crippen LogP contribution in [-0.4, -0.2) is 18.2 Å². The van der Waals surface area contributed by atoms with E-state index in [0.29, 0.717) is 12.2 Å². The molecule has 0 aliphatic heterocycles. The molecule has 3 nitrogen and oxygen atoms in total. The van der Waals surface area contributed by atoms with Crippen LogP contribution in [0.25, 0.3) is 0 Å². The maximum Gasteiger partial charge on any atom is 0.196 e. The molecule has 1 atom stereocenters. The molecule has 0 radical (unpaired) electrons. The van der Waals surface area contributed by atoms with Crippen LogP contribution in [0.3, 0.4) is 0 Å². The van der Waals surface area contributed by atoms with Crippen molar-refractivity contribution in [3.8, 4) is 0 Å². The molecular weight excluding hydrogens is 360 g/mol. The van der Waals surface area contributed by atoms with E-state index in [4.69, 9.17) is 4.74 Å². The summed E-state index contributed by atoms with van der Waals surface area (Å²) in [7, 11) is 0. The number of hydrogen-bond donors (Lipinski definition) is 0. The number of carbonyl (C=O) groups is 2. The molecule has 150 valence electrons. The molecule has 0 N–H and O–H groups in total. The molecule has 3 aromatic carbocycles. The molecule has 0 fully saturated rings. The maximum atomic E-state index is 12.6. The van der Waals surface area contributed by atoms with Crippen LogP contribution in [0, 0.1) is 0 Å². The first-order valence-electron chi connectivity index (χ1n) is 9.95. The Bertz CT molecular complexity index is 858. The fourth-order valence-corrected chi connectivity index (χ4v) is 2.72. The fourth-order valence-electron chi connectivity index (χ4n) is 2.72. The molecule has 1 unspecified atom stereocenters. The van der Waals surface area contributed by atoms with Crippen LogP contribution in [0.2, 0.25) is 0 Å². The number of ether oxygens (including phenoxy) is 1. The predicted octanol–water partition coefficient (Wildman–Crippen LogP) is 6.32. The second kappa shape index (κ2) is 12.4. The Hall–Kier alpha value is -3.04. The zero-order chi connectivity index (χ0) is 20.9. The zero-order valence-corrected chi connectivity index (χ0v) is 17.1. The number of Topliss-reactive ketones (excluding diaryl/α,β-unsaturated/α-hetero) is 2. The summed E-state index contributed by atoms with van der Waals surface area (Å²) in [5, 5.41) is 0. The lowest BCUT2D eigenvalue weighted by Gasteiger charge is -2.17. The van der Waals surface area contributed by atoms with Gasteiger partial charge in [0.05, 0.1) is 0 Å². The Morgan fingerprint density at radius 1 is 0.759 bits per heavy atom. The van der Waals surface area contributed by atoms with Crippen LogP contribution >= 0.6 is 0 Å². The minimum Gasteiger partial charge on any atom is -0.365 e. The molecule has 0 saturated heterocycles. The van der Waals surface area contributed by atoms with Gasteiger partial charge in [-0.1, -0.05) is 104 Å². The van der Waals surface area contributed by atoms with Gasteiger partial charge in [0, 0.05) is 17.7 Å². The first-order valence-corrected chi connectivity index (χ1v) is 9.95. The number of benzene rings is 3. The molecule has 0 heterocycles. The predicted molar refractivity (Wildman–Crippen MR) is 117 cm³/mol. The second-order valence-electron chi connectivity index (χ2n) is 6.67. The van der Waals surface area contributed by atoms with E-state index in [0.717, 1.165) is 24.0 Å². The van der Waals surface area contributed by atoms with Gasteiger partial charge in [-0.25, -0.2) is 0 Å². The molecule has 0 amide bonds. The monoisotopic (exact) mass is 388 g/mol. The first kappa shape index (κ1) is 22.3. The molecule has 0 saturated carbocycles. The average molecular weight is 389 g/mol. The van der Waals surface area contributed by atoms with E-state index in [1.165, 1.54) is 0 Å². The number of rotatable bonds is 8. The molecule has 3 heteroatoms. The van der Waals surface area contributed by atoms with E-state index < -0.39 is 6.10 Å². The molecule has 0 spiro atoms. The molecule has 3 aromatic rings. The van der Waals surface area contributed by atoms with Crippen molar-refractivity contribution < 1.29 is 14.3 Å². The summed E-state index contributed by atoms with van der Waals surface area (Å²) < 4.78 is 5.84. The maximum absolute atomic E-state index is 12.6. The van der Waals surface area contributed by atoms with Crippen LogP contribution in [0.4, 0.5) is 0 Å². The van der Waals surface area contributed by atoms with E-state index in [2.05, 4.69) is 6.92 Å². The van der Waals surface area contributed by atoms with Gasteiger partial charge in [-0.3, -0.25) is 9.59 Å². The van der Waals surface area contributed by atoms with Gasteiger partial charge in [-0.15, -0.1) is 0 Å². The standard InChI is InChI=1S/C18H20O2.C8H8O/c1-2-3-14-20-18(16-12-8-5-9-13-16)17(19)15-10-6-4-7-11-15;1-7(9)8-5-3-2-4-6-8/h4-13,18H,2-3,14H2,1H3;2-6H,1H3. The summed E-state index contributed by atoms with van der Waals surface area (Å²) in [6.45, 7) is 4.28.